The second kappa shape index (κ2) is 3.80. The van der Waals surface area contributed by atoms with Crippen molar-refractivity contribution in [2.75, 3.05) is 0 Å². The van der Waals surface area contributed by atoms with Crippen LogP contribution in [0.25, 0.3) is 0 Å². The zero-order chi connectivity index (χ0) is 10.9. The molecule has 0 spiro atoms. The van der Waals surface area contributed by atoms with Gasteiger partial charge in [0, 0.05) is 5.92 Å². The first-order valence-electron chi connectivity index (χ1n) is 4.03. The van der Waals surface area contributed by atoms with E-state index in [0.29, 0.717) is 0 Å². The highest BCUT2D eigenvalue weighted by atomic mass is 19.4. The number of hydrogen-bond acceptors (Lipinski definition) is 0. The van der Waals surface area contributed by atoms with Crippen molar-refractivity contribution in [2.45, 2.75) is 39.3 Å². The predicted molar refractivity (Wildman–Crippen MR) is 39.6 cm³/mol. The topological polar surface area (TPSA) is 0 Å². The van der Waals surface area contributed by atoms with Gasteiger partial charge >= 0.3 is 12.1 Å². The molecule has 0 aliphatic rings. The first kappa shape index (κ1) is 12.7. The molecule has 0 aliphatic carbocycles. The van der Waals surface area contributed by atoms with Gasteiger partial charge in [-0.2, -0.15) is 22.0 Å². The Balaban J connectivity index is 4.45. The molecule has 0 saturated heterocycles. The maximum Gasteiger partial charge on any atom is 0.453 e. The van der Waals surface area contributed by atoms with E-state index in [4.69, 9.17) is 0 Å². The summed E-state index contributed by atoms with van der Waals surface area (Å²) in [5.41, 5.74) is 0. The van der Waals surface area contributed by atoms with Crippen LogP contribution in [0.3, 0.4) is 0 Å². The Morgan fingerprint density at radius 3 is 1.54 bits per heavy atom. The zero-order valence-corrected chi connectivity index (χ0v) is 7.75. The molecule has 13 heavy (non-hydrogen) atoms. The maximum atomic E-state index is 12.6. The van der Waals surface area contributed by atoms with Crippen molar-refractivity contribution in [2.24, 2.45) is 11.8 Å². The van der Waals surface area contributed by atoms with E-state index in [1.165, 1.54) is 0 Å². The molecule has 0 N–H and O–H groups in total. The monoisotopic (exact) mass is 204 g/mol. The quantitative estimate of drug-likeness (QED) is 0.612. The zero-order valence-electron chi connectivity index (χ0n) is 7.75. The summed E-state index contributed by atoms with van der Waals surface area (Å²) in [5.74, 6) is -6.40. The van der Waals surface area contributed by atoms with Crippen molar-refractivity contribution in [3.05, 3.63) is 0 Å². The third-order valence-corrected chi connectivity index (χ3v) is 1.82. The lowest BCUT2D eigenvalue weighted by molar-refractivity contribution is -0.301. The van der Waals surface area contributed by atoms with Crippen molar-refractivity contribution >= 4 is 0 Å². The van der Waals surface area contributed by atoms with Crippen LogP contribution in [-0.2, 0) is 0 Å². The molecular weight excluding hydrogens is 191 g/mol. The van der Waals surface area contributed by atoms with Gasteiger partial charge in [-0.05, 0) is 12.3 Å². The van der Waals surface area contributed by atoms with Crippen molar-refractivity contribution in [1.29, 1.82) is 0 Å². The smallest absolute Gasteiger partial charge is 0.196 e. The fourth-order valence-corrected chi connectivity index (χ4v) is 1.13. The van der Waals surface area contributed by atoms with Crippen LogP contribution in [0.4, 0.5) is 22.0 Å². The Kier molecular flexibility index (Phi) is 3.70. The molecule has 0 saturated carbocycles. The highest BCUT2D eigenvalue weighted by Crippen LogP contribution is 2.43. The van der Waals surface area contributed by atoms with Crippen LogP contribution in [0.5, 0.6) is 0 Å². The SMILES string of the molecule is CC(C)C[C@@H](C)C(F)(F)C(F)(F)F. The van der Waals surface area contributed by atoms with Crippen LogP contribution in [-0.4, -0.2) is 12.1 Å². The first-order chi connectivity index (χ1) is 5.59. The molecule has 0 amide bonds. The molecular formula is C8H13F5. The molecule has 0 bridgehead atoms. The lowest BCUT2D eigenvalue weighted by Crippen LogP contribution is -2.42. The highest BCUT2D eigenvalue weighted by Gasteiger charge is 2.60. The summed E-state index contributed by atoms with van der Waals surface area (Å²) in [5, 5.41) is 0. The lowest BCUT2D eigenvalue weighted by Gasteiger charge is -2.26. The number of halogens is 5. The van der Waals surface area contributed by atoms with Crippen LogP contribution in [0.15, 0.2) is 0 Å². The average molecular weight is 204 g/mol. The van der Waals surface area contributed by atoms with Crippen LogP contribution in [0.1, 0.15) is 27.2 Å². The molecule has 5 heteroatoms. The largest absolute Gasteiger partial charge is 0.453 e. The second-order valence-corrected chi connectivity index (χ2v) is 3.65. The van der Waals surface area contributed by atoms with Crippen LogP contribution >= 0.6 is 0 Å². The minimum absolute atomic E-state index is 0.132. The minimum Gasteiger partial charge on any atom is -0.196 e. The molecule has 1 atom stereocenters. The summed E-state index contributed by atoms with van der Waals surface area (Å²) in [6.07, 6.45) is -5.56. The lowest BCUT2D eigenvalue weighted by atomic mass is 9.93. The predicted octanol–water partition coefficient (Wildman–Crippen LogP) is 3.87. The molecule has 80 valence electrons. The summed E-state index contributed by atoms with van der Waals surface area (Å²) in [6.45, 7) is 4.15. The van der Waals surface area contributed by atoms with Gasteiger partial charge in [-0.3, -0.25) is 0 Å². The molecule has 0 aromatic heterocycles. The molecule has 0 aromatic carbocycles. The average Bonchev–Trinajstić information content (AvgIpc) is 1.82. The summed E-state index contributed by atoms with van der Waals surface area (Å²) in [4.78, 5) is 0. The molecule has 0 nitrogen and oxygen atoms in total. The summed E-state index contributed by atoms with van der Waals surface area (Å²) in [7, 11) is 0. The van der Waals surface area contributed by atoms with Crippen molar-refractivity contribution in [3.8, 4) is 0 Å². The number of rotatable bonds is 3. The van der Waals surface area contributed by atoms with Crippen LogP contribution in [0.2, 0.25) is 0 Å². The van der Waals surface area contributed by atoms with Gasteiger partial charge in [0.2, 0.25) is 0 Å². The van der Waals surface area contributed by atoms with Crippen LogP contribution in [0, 0.1) is 11.8 Å². The number of hydrogen-bond donors (Lipinski definition) is 0. The Labute approximate surface area is 74.1 Å². The molecule has 0 heterocycles. The van der Waals surface area contributed by atoms with Gasteiger partial charge in [0.15, 0.2) is 0 Å². The van der Waals surface area contributed by atoms with Gasteiger partial charge in [0.25, 0.3) is 0 Å². The second-order valence-electron chi connectivity index (χ2n) is 3.65. The van der Waals surface area contributed by atoms with E-state index in [9.17, 15) is 22.0 Å². The summed E-state index contributed by atoms with van der Waals surface area (Å²) < 4.78 is 60.5. The van der Waals surface area contributed by atoms with Gasteiger partial charge in [0.05, 0.1) is 0 Å². The molecule has 0 aromatic rings. The van der Waals surface area contributed by atoms with E-state index in [-0.39, 0.29) is 12.3 Å². The highest BCUT2D eigenvalue weighted by molar-refractivity contribution is 4.81. The molecule has 0 aliphatic heterocycles. The van der Waals surface area contributed by atoms with Gasteiger partial charge in [0.1, 0.15) is 0 Å². The molecule has 0 fully saturated rings. The Hall–Kier alpha value is -0.350. The Morgan fingerprint density at radius 2 is 1.31 bits per heavy atom. The molecule has 0 rings (SSSR count). The Bertz CT molecular complexity index is 158. The fourth-order valence-electron chi connectivity index (χ4n) is 1.13. The standard InChI is InChI=1S/C8H13F5/c1-5(2)4-6(3)7(9,10)8(11,12)13/h5-6H,4H2,1-3H3/t6-/m1/s1. The van der Waals surface area contributed by atoms with Gasteiger partial charge in [-0.25, -0.2) is 0 Å². The molecule has 0 unspecified atom stereocenters. The van der Waals surface area contributed by atoms with E-state index in [1.807, 2.05) is 0 Å². The van der Waals surface area contributed by atoms with Crippen molar-refractivity contribution in [3.63, 3.8) is 0 Å². The third-order valence-electron chi connectivity index (χ3n) is 1.82. The van der Waals surface area contributed by atoms with Gasteiger partial charge < -0.3 is 0 Å². The van der Waals surface area contributed by atoms with E-state index >= 15 is 0 Å². The third kappa shape index (κ3) is 3.12. The van der Waals surface area contributed by atoms with E-state index < -0.39 is 18.0 Å². The van der Waals surface area contributed by atoms with Crippen molar-refractivity contribution < 1.29 is 22.0 Å². The number of alkyl halides is 5. The van der Waals surface area contributed by atoms with Crippen molar-refractivity contribution in [1.82, 2.24) is 0 Å². The minimum atomic E-state index is -5.43. The van der Waals surface area contributed by atoms with Gasteiger partial charge in [-0.1, -0.05) is 20.8 Å². The summed E-state index contributed by atoms with van der Waals surface area (Å²) >= 11 is 0. The first-order valence-corrected chi connectivity index (χ1v) is 4.03. The normalized spacial score (nSPS) is 16.4. The van der Waals surface area contributed by atoms with E-state index in [2.05, 4.69) is 0 Å². The molecule has 0 radical (unpaired) electrons. The van der Waals surface area contributed by atoms with Gasteiger partial charge in [-0.15, -0.1) is 0 Å². The van der Waals surface area contributed by atoms with E-state index in [1.54, 1.807) is 13.8 Å². The summed E-state index contributed by atoms with van der Waals surface area (Å²) in [6, 6.07) is 0. The van der Waals surface area contributed by atoms with Crippen LogP contribution < -0.4 is 0 Å². The van der Waals surface area contributed by atoms with E-state index in [0.717, 1.165) is 6.92 Å². The Morgan fingerprint density at radius 1 is 0.923 bits per heavy atom. The fraction of sp³-hybridized carbons (Fsp3) is 1.00. The maximum absolute atomic E-state index is 12.6.